The van der Waals surface area contributed by atoms with E-state index < -0.39 is 0 Å². The van der Waals surface area contributed by atoms with Crippen LogP contribution < -0.4 is 14.5 Å². The number of ether oxygens (including phenoxy) is 2. The second-order valence-electron chi connectivity index (χ2n) is 10.5. The third-order valence-electron chi connectivity index (χ3n) is 7.83. The Morgan fingerprint density at radius 2 is 1.55 bits per heavy atom. The van der Waals surface area contributed by atoms with Gasteiger partial charge in [-0.05, 0) is 55.7 Å². The Labute approximate surface area is 226 Å². The summed E-state index contributed by atoms with van der Waals surface area (Å²) in [6, 6.07) is 11.7. The van der Waals surface area contributed by atoms with E-state index in [1.807, 2.05) is 29.2 Å². The lowest BCUT2D eigenvalue weighted by Crippen LogP contribution is -2.49. The number of benzene rings is 1. The number of carbonyl (C=O) groups excluding carboxylic acids is 1. The van der Waals surface area contributed by atoms with Crippen LogP contribution in [0.4, 0.5) is 11.6 Å². The quantitative estimate of drug-likeness (QED) is 0.440. The minimum atomic E-state index is 0.0715. The standard InChI is InChI=1S/C29H42N6O3/c1-2-3-4-21-37-25-9-7-24(8-10-25)29(36)35-19-17-34(18-20-35)28-12-11-27(30-31-28)33-15-13-32(14-16-33)23-26-6-5-22-38-26/h7-12,26H,2-6,13-23H2,1H3. The van der Waals surface area contributed by atoms with Crippen molar-refractivity contribution in [2.24, 2.45) is 0 Å². The van der Waals surface area contributed by atoms with Crippen LogP contribution in [0.2, 0.25) is 0 Å². The summed E-state index contributed by atoms with van der Waals surface area (Å²) in [5.74, 6) is 2.71. The predicted octanol–water partition coefficient (Wildman–Crippen LogP) is 3.31. The Hall–Kier alpha value is -2.91. The first-order valence-corrected chi connectivity index (χ1v) is 14.4. The molecule has 1 unspecified atom stereocenters. The maximum absolute atomic E-state index is 13.0. The molecule has 3 aliphatic heterocycles. The smallest absolute Gasteiger partial charge is 0.253 e. The van der Waals surface area contributed by atoms with Gasteiger partial charge in [0.05, 0.1) is 12.7 Å². The number of rotatable bonds is 10. The van der Waals surface area contributed by atoms with Gasteiger partial charge in [0.1, 0.15) is 5.75 Å². The average molecular weight is 523 g/mol. The summed E-state index contributed by atoms with van der Waals surface area (Å²) < 4.78 is 11.6. The lowest BCUT2D eigenvalue weighted by Gasteiger charge is -2.37. The van der Waals surface area contributed by atoms with E-state index >= 15 is 0 Å². The molecule has 3 aliphatic rings. The molecule has 0 radical (unpaired) electrons. The zero-order valence-electron chi connectivity index (χ0n) is 22.8. The Morgan fingerprint density at radius 1 is 0.895 bits per heavy atom. The molecule has 1 atom stereocenters. The normalized spacial score (nSPS) is 20.7. The Balaban J connectivity index is 1.05. The zero-order valence-corrected chi connectivity index (χ0v) is 22.8. The molecule has 2 aromatic rings. The van der Waals surface area contributed by atoms with Crippen molar-refractivity contribution in [3.63, 3.8) is 0 Å². The lowest BCUT2D eigenvalue weighted by molar-refractivity contribution is 0.0712. The van der Waals surface area contributed by atoms with Gasteiger partial charge >= 0.3 is 0 Å². The maximum Gasteiger partial charge on any atom is 0.253 e. The van der Waals surface area contributed by atoms with Crippen molar-refractivity contribution in [1.29, 1.82) is 0 Å². The number of unbranched alkanes of at least 4 members (excludes halogenated alkanes) is 2. The van der Waals surface area contributed by atoms with E-state index in [1.165, 1.54) is 25.7 Å². The molecule has 0 bridgehead atoms. The molecule has 3 saturated heterocycles. The minimum absolute atomic E-state index is 0.0715. The summed E-state index contributed by atoms with van der Waals surface area (Å²) >= 11 is 0. The summed E-state index contributed by atoms with van der Waals surface area (Å²) in [5.41, 5.74) is 0.708. The fourth-order valence-corrected chi connectivity index (χ4v) is 5.45. The highest BCUT2D eigenvalue weighted by Crippen LogP contribution is 2.21. The molecule has 5 rings (SSSR count). The first kappa shape index (κ1) is 26.7. The summed E-state index contributed by atoms with van der Waals surface area (Å²) in [7, 11) is 0. The van der Waals surface area contributed by atoms with Crippen LogP contribution in [-0.4, -0.2) is 104 Å². The third kappa shape index (κ3) is 6.94. The molecule has 38 heavy (non-hydrogen) atoms. The molecule has 1 aromatic carbocycles. The number of amides is 1. The van der Waals surface area contributed by atoms with Crippen LogP contribution >= 0.6 is 0 Å². The van der Waals surface area contributed by atoms with Crippen LogP contribution in [0.5, 0.6) is 5.75 Å². The van der Waals surface area contributed by atoms with Gasteiger partial charge in [-0.2, -0.15) is 0 Å². The van der Waals surface area contributed by atoms with Gasteiger partial charge in [0.2, 0.25) is 0 Å². The van der Waals surface area contributed by atoms with Crippen molar-refractivity contribution in [1.82, 2.24) is 20.0 Å². The molecule has 206 valence electrons. The van der Waals surface area contributed by atoms with E-state index in [1.54, 1.807) is 0 Å². The molecular weight excluding hydrogens is 480 g/mol. The van der Waals surface area contributed by atoms with E-state index in [2.05, 4.69) is 44.0 Å². The zero-order chi connectivity index (χ0) is 26.2. The summed E-state index contributed by atoms with van der Waals surface area (Å²) in [4.78, 5) is 22.0. The van der Waals surface area contributed by atoms with E-state index in [9.17, 15) is 4.79 Å². The molecule has 0 saturated carbocycles. The number of piperazine rings is 2. The van der Waals surface area contributed by atoms with Crippen molar-refractivity contribution in [3.8, 4) is 5.75 Å². The van der Waals surface area contributed by atoms with Crippen molar-refractivity contribution >= 4 is 17.5 Å². The van der Waals surface area contributed by atoms with Crippen LogP contribution in [-0.2, 0) is 4.74 Å². The van der Waals surface area contributed by atoms with Crippen LogP contribution in [0.15, 0.2) is 36.4 Å². The Kier molecular flexibility index (Phi) is 9.30. The number of hydrogen-bond acceptors (Lipinski definition) is 8. The Bertz CT molecular complexity index is 996. The van der Waals surface area contributed by atoms with E-state index in [0.717, 1.165) is 82.8 Å². The third-order valence-corrected chi connectivity index (χ3v) is 7.83. The monoisotopic (exact) mass is 522 g/mol. The van der Waals surface area contributed by atoms with Gasteiger partial charge in [-0.15, -0.1) is 10.2 Å². The van der Waals surface area contributed by atoms with E-state index in [4.69, 9.17) is 9.47 Å². The molecule has 1 amide bonds. The molecule has 0 N–H and O–H groups in total. The van der Waals surface area contributed by atoms with Crippen LogP contribution in [0.3, 0.4) is 0 Å². The maximum atomic E-state index is 13.0. The minimum Gasteiger partial charge on any atom is -0.494 e. The molecule has 1 aromatic heterocycles. The lowest BCUT2D eigenvalue weighted by atomic mass is 10.1. The average Bonchev–Trinajstić information content (AvgIpc) is 3.49. The largest absolute Gasteiger partial charge is 0.494 e. The van der Waals surface area contributed by atoms with Crippen molar-refractivity contribution < 1.29 is 14.3 Å². The van der Waals surface area contributed by atoms with Crippen molar-refractivity contribution in [2.45, 2.75) is 45.1 Å². The number of aromatic nitrogens is 2. The first-order chi connectivity index (χ1) is 18.7. The fourth-order valence-electron chi connectivity index (χ4n) is 5.45. The van der Waals surface area contributed by atoms with Gasteiger partial charge < -0.3 is 24.2 Å². The second kappa shape index (κ2) is 13.2. The van der Waals surface area contributed by atoms with Gasteiger partial charge in [0, 0.05) is 71.1 Å². The number of anilines is 2. The molecular formula is C29H42N6O3. The van der Waals surface area contributed by atoms with E-state index in [0.29, 0.717) is 24.8 Å². The van der Waals surface area contributed by atoms with Gasteiger partial charge in [-0.3, -0.25) is 9.69 Å². The Morgan fingerprint density at radius 3 is 2.13 bits per heavy atom. The highest BCUT2D eigenvalue weighted by Gasteiger charge is 2.25. The van der Waals surface area contributed by atoms with Crippen molar-refractivity contribution in [3.05, 3.63) is 42.0 Å². The van der Waals surface area contributed by atoms with Crippen LogP contribution in [0.25, 0.3) is 0 Å². The molecule has 9 nitrogen and oxygen atoms in total. The van der Waals surface area contributed by atoms with Gasteiger partial charge in [-0.1, -0.05) is 19.8 Å². The second-order valence-corrected chi connectivity index (χ2v) is 10.5. The molecule has 0 aliphatic carbocycles. The number of hydrogen-bond donors (Lipinski definition) is 0. The highest BCUT2D eigenvalue weighted by atomic mass is 16.5. The van der Waals surface area contributed by atoms with Crippen LogP contribution in [0.1, 0.15) is 49.4 Å². The van der Waals surface area contributed by atoms with Gasteiger partial charge in [-0.25, -0.2) is 0 Å². The number of carbonyl (C=O) groups is 1. The summed E-state index contributed by atoms with van der Waals surface area (Å²) in [5, 5.41) is 9.08. The first-order valence-electron chi connectivity index (χ1n) is 14.4. The number of nitrogens with zero attached hydrogens (tertiary/aromatic N) is 6. The fraction of sp³-hybridized carbons (Fsp3) is 0.621. The van der Waals surface area contributed by atoms with Crippen LogP contribution in [0, 0.1) is 0 Å². The highest BCUT2D eigenvalue weighted by molar-refractivity contribution is 5.94. The molecule has 0 spiro atoms. The van der Waals surface area contributed by atoms with Gasteiger partial charge in [0.25, 0.3) is 5.91 Å². The SMILES string of the molecule is CCCCCOc1ccc(C(=O)N2CCN(c3ccc(N4CCN(CC5CCCO5)CC4)nn3)CC2)cc1. The van der Waals surface area contributed by atoms with Gasteiger partial charge in [0.15, 0.2) is 11.6 Å². The summed E-state index contributed by atoms with van der Waals surface area (Å²) in [6.07, 6.45) is 6.21. The predicted molar refractivity (Wildman–Crippen MR) is 149 cm³/mol. The van der Waals surface area contributed by atoms with E-state index in [-0.39, 0.29) is 5.91 Å². The molecule has 9 heteroatoms. The topological polar surface area (TPSA) is 74.3 Å². The molecule has 4 heterocycles. The molecule has 3 fully saturated rings. The summed E-state index contributed by atoms with van der Waals surface area (Å²) in [6.45, 7) is 11.7. The van der Waals surface area contributed by atoms with Crippen molar-refractivity contribution in [2.75, 3.05) is 81.9 Å².